The number of rotatable bonds is 5. The van der Waals surface area contributed by atoms with E-state index in [1.54, 1.807) is 0 Å². The molecule has 1 saturated heterocycles. The minimum Gasteiger partial charge on any atom is -0.492 e. The molecule has 2 atom stereocenters. The van der Waals surface area contributed by atoms with Crippen molar-refractivity contribution in [3.63, 3.8) is 0 Å². The Morgan fingerprint density at radius 1 is 1.32 bits per heavy atom. The summed E-state index contributed by atoms with van der Waals surface area (Å²) in [6.07, 6.45) is 1.28. The van der Waals surface area contributed by atoms with Gasteiger partial charge in [0.2, 0.25) is 5.91 Å². The number of carbonyl (C=O) groups is 1. The molecule has 1 aliphatic rings. The van der Waals surface area contributed by atoms with Crippen LogP contribution in [0.25, 0.3) is 0 Å². The van der Waals surface area contributed by atoms with Crippen LogP contribution in [0.3, 0.4) is 0 Å². The Balaban J connectivity index is 1.79. The fourth-order valence-corrected chi connectivity index (χ4v) is 3.37. The lowest BCUT2D eigenvalue weighted by Gasteiger charge is -2.37. The third kappa shape index (κ3) is 6.29. The Morgan fingerprint density at radius 2 is 2.04 bits per heavy atom. The van der Waals surface area contributed by atoms with Crippen LogP contribution in [0.4, 0.5) is 5.69 Å². The summed E-state index contributed by atoms with van der Waals surface area (Å²) in [6.45, 7) is 9.37. The Hall–Kier alpha value is -2.24. The van der Waals surface area contributed by atoms with Gasteiger partial charge in [-0.3, -0.25) is 9.79 Å². The highest BCUT2D eigenvalue weighted by atomic mass is 16.5. The summed E-state index contributed by atoms with van der Waals surface area (Å²) in [6, 6.07) is 7.41. The van der Waals surface area contributed by atoms with Crippen LogP contribution in [0.1, 0.15) is 27.2 Å². The number of aliphatic imine (C=N–C) groups is 1. The number of nitrogens with one attached hydrogen (secondary N) is 2. The third-order valence-corrected chi connectivity index (χ3v) is 4.19. The molecule has 0 aliphatic carbocycles. The molecule has 0 aromatic heterocycles. The molecule has 0 bridgehead atoms. The fraction of sp³-hybridized carbons (Fsp3) is 0.579. The molecular weight excluding hydrogens is 316 g/mol. The SMILES string of the molecule is CN=C(NCCOc1cccc(NC(C)=O)c1)N1CC(C)CC(C)C1. The second-order valence-corrected chi connectivity index (χ2v) is 6.88. The van der Waals surface area contributed by atoms with Gasteiger partial charge in [0.1, 0.15) is 12.4 Å². The Morgan fingerprint density at radius 3 is 2.68 bits per heavy atom. The van der Waals surface area contributed by atoms with Crippen molar-refractivity contribution in [1.82, 2.24) is 10.2 Å². The molecule has 1 amide bonds. The standard InChI is InChI=1S/C19H30N4O2/c1-14-10-15(2)13-23(12-14)19(20-4)21-8-9-25-18-7-5-6-17(11-18)22-16(3)24/h5-7,11,14-15H,8-10,12-13H2,1-4H3,(H,20,21)(H,22,24). The van der Waals surface area contributed by atoms with Crippen LogP contribution >= 0.6 is 0 Å². The number of benzene rings is 1. The van der Waals surface area contributed by atoms with Crippen molar-refractivity contribution in [1.29, 1.82) is 0 Å². The van der Waals surface area contributed by atoms with E-state index in [0.717, 1.165) is 30.5 Å². The molecule has 1 heterocycles. The van der Waals surface area contributed by atoms with Gasteiger partial charge in [0.25, 0.3) is 0 Å². The number of amides is 1. The quantitative estimate of drug-likeness (QED) is 0.489. The van der Waals surface area contributed by atoms with Gasteiger partial charge in [-0.2, -0.15) is 0 Å². The zero-order chi connectivity index (χ0) is 18.2. The number of guanidine groups is 1. The second kappa shape index (κ2) is 9.30. The number of ether oxygens (including phenoxy) is 1. The Labute approximate surface area is 150 Å². The van der Waals surface area contributed by atoms with E-state index in [1.807, 2.05) is 31.3 Å². The maximum Gasteiger partial charge on any atom is 0.221 e. The Kier molecular flexibility index (Phi) is 7.10. The van der Waals surface area contributed by atoms with Crippen molar-refractivity contribution in [2.24, 2.45) is 16.8 Å². The van der Waals surface area contributed by atoms with E-state index in [1.165, 1.54) is 13.3 Å². The minimum absolute atomic E-state index is 0.0902. The van der Waals surface area contributed by atoms with Gasteiger partial charge in [-0.15, -0.1) is 0 Å². The normalized spacial score (nSPS) is 21.0. The van der Waals surface area contributed by atoms with Gasteiger partial charge < -0.3 is 20.3 Å². The van der Waals surface area contributed by atoms with E-state index >= 15 is 0 Å². The van der Waals surface area contributed by atoms with Gasteiger partial charge in [-0.25, -0.2) is 0 Å². The number of carbonyl (C=O) groups excluding carboxylic acids is 1. The number of anilines is 1. The molecule has 138 valence electrons. The van der Waals surface area contributed by atoms with E-state index < -0.39 is 0 Å². The van der Waals surface area contributed by atoms with Gasteiger partial charge in [-0.1, -0.05) is 19.9 Å². The molecule has 1 aromatic rings. The van der Waals surface area contributed by atoms with Crippen molar-refractivity contribution < 1.29 is 9.53 Å². The van der Waals surface area contributed by atoms with Gasteiger partial charge in [0.05, 0.1) is 6.54 Å². The summed E-state index contributed by atoms with van der Waals surface area (Å²) in [5.41, 5.74) is 0.741. The van der Waals surface area contributed by atoms with Gasteiger partial charge >= 0.3 is 0 Å². The fourth-order valence-electron chi connectivity index (χ4n) is 3.37. The molecule has 2 rings (SSSR count). The van der Waals surface area contributed by atoms with E-state index in [9.17, 15) is 4.79 Å². The zero-order valence-electron chi connectivity index (χ0n) is 15.7. The van der Waals surface area contributed by atoms with E-state index in [4.69, 9.17) is 4.74 Å². The number of nitrogens with zero attached hydrogens (tertiary/aromatic N) is 2. The molecule has 6 heteroatoms. The smallest absolute Gasteiger partial charge is 0.221 e. The van der Waals surface area contributed by atoms with Crippen molar-refractivity contribution in [2.45, 2.75) is 27.2 Å². The first kappa shape index (κ1) is 19.1. The molecule has 25 heavy (non-hydrogen) atoms. The lowest BCUT2D eigenvalue weighted by Crippen LogP contribution is -2.49. The zero-order valence-corrected chi connectivity index (χ0v) is 15.7. The average molecular weight is 346 g/mol. The predicted molar refractivity (Wildman–Crippen MR) is 102 cm³/mol. The highest BCUT2D eigenvalue weighted by Gasteiger charge is 2.23. The van der Waals surface area contributed by atoms with Crippen LogP contribution in [0.5, 0.6) is 5.75 Å². The molecular formula is C19H30N4O2. The minimum atomic E-state index is -0.0902. The largest absolute Gasteiger partial charge is 0.492 e. The highest BCUT2D eigenvalue weighted by Crippen LogP contribution is 2.21. The summed E-state index contributed by atoms with van der Waals surface area (Å²) < 4.78 is 5.77. The maximum absolute atomic E-state index is 11.1. The second-order valence-electron chi connectivity index (χ2n) is 6.88. The lowest BCUT2D eigenvalue weighted by atomic mass is 9.92. The molecule has 6 nitrogen and oxygen atoms in total. The van der Waals surface area contributed by atoms with Crippen LogP contribution < -0.4 is 15.4 Å². The lowest BCUT2D eigenvalue weighted by molar-refractivity contribution is -0.114. The van der Waals surface area contributed by atoms with Crippen LogP contribution in [-0.2, 0) is 4.79 Å². The van der Waals surface area contributed by atoms with Gasteiger partial charge in [-0.05, 0) is 30.4 Å². The Bertz CT molecular complexity index is 593. The summed E-state index contributed by atoms with van der Waals surface area (Å²) in [5.74, 6) is 2.97. The predicted octanol–water partition coefficient (Wildman–Crippen LogP) is 2.58. The van der Waals surface area contributed by atoms with Crippen LogP contribution in [-0.4, -0.2) is 50.1 Å². The van der Waals surface area contributed by atoms with Crippen molar-refractivity contribution in [3.8, 4) is 5.75 Å². The molecule has 2 N–H and O–H groups in total. The van der Waals surface area contributed by atoms with Crippen molar-refractivity contribution >= 4 is 17.6 Å². The van der Waals surface area contributed by atoms with E-state index in [2.05, 4.69) is 34.4 Å². The topological polar surface area (TPSA) is 66.0 Å². The van der Waals surface area contributed by atoms with Gasteiger partial charge in [0, 0.05) is 38.8 Å². The average Bonchev–Trinajstić information content (AvgIpc) is 2.53. The first-order valence-corrected chi connectivity index (χ1v) is 8.94. The molecule has 0 spiro atoms. The summed E-state index contributed by atoms with van der Waals surface area (Å²) >= 11 is 0. The maximum atomic E-state index is 11.1. The summed E-state index contributed by atoms with van der Waals surface area (Å²) in [7, 11) is 1.82. The molecule has 1 aromatic carbocycles. The number of likely N-dealkylation sites (tertiary alicyclic amines) is 1. The number of piperidine rings is 1. The van der Waals surface area contributed by atoms with Crippen LogP contribution in [0.15, 0.2) is 29.3 Å². The van der Waals surface area contributed by atoms with Crippen molar-refractivity contribution in [3.05, 3.63) is 24.3 Å². The number of hydrogen-bond donors (Lipinski definition) is 2. The monoisotopic (exact) mass is 346 g/mol. The van der Waals surface area contributed by atoms with Crippen LogP contribution in [0.2, 0.25) is 0 Å². The first-order valence-electron chi connectivity index (χ1n) is 8.94. The number of hydrogen-bond acceptors (Lipinski definition) is 3. The van der Waals surface area contributed by atoms with E-state index in [-0.39, 0.29) is 5.91 Å². The molecule has 1 fully saturated rings. The molecule has 2 unspecified atom stereocenters. The van der Waals surface area contributed by atoms with Gasteiger partial charge in [0.15, 0.2) is 5.96 Å². The first-order chi connectivity index (χ1) is 12.0. The summed E-state index contributed by atoms with van der Waals surface area (Å²) in [5, 5.41) is 6.13. The molecule has 0 saturated carbocycles. The van der Waals surface area contributed by atoms with Crippen LogP contribution in [0, 0.1) is 11.8 Å². The molecule has 1 aliphatic heterocycles. The highest BCUT2D eigenvalue weighted by molar-refractivity contribution is 5.88. The van der Waals surface area contributed by atoms with Crippen molar-refractivity contribution in [2.75, 3.05) is 38.6 Å². The summed E-state index contributed by atoms with van der Waals surface area (Å²) in [4.78, 5) is 17.8. The molecule has 0 radical (unpaired) electrons. The third-order valence-electron chi connectivity index (χ3n) is 4.19. The van der Waals surface area contributed by atoms with E-state index in [0.29, 0.717) is 25.0 Å².